The Morgan fingerprint density at radius 3 is 2.92 bits per heavy atom. The average molecular weight is 183 g/mol. The lowest BCUT2D eigenvalue weighted by atomic mass is 10.4. The predicted octanol–water partition coefficient (Wildman–Crippen LogP) is 2.61. The van der Waals surface area contributed by atoms with Crippen LogP contribution >= 0.6 is 11.6 Å². The van der Waals surface area contributed by atoms with Crippen LogP contribution in [0.5, 0.6) is 0 Å². The van der Waals surface area contributed by atoms with Crippen LogP contribution in [0, 0.1) is 0 Å². The maximum atomic E-state index is 10.2. The van der Waals surface area contributed by atoms with Crippen LogP contribution in [0.1, 0.15) is 5.76 Å². The molecule has 0 amide bonds. The first-order valence-electron chi connectivity index (χ1n) is 3.37. The summed E-state index contributed by atoms with van der Waals surface area (Å²) in [6.45, 7) is 0. The largest absolute Gasteiger partial charge is 0.465 e. The van der Waals surface area contributed by atoms with Gasteiger partial charge in [-0.1, -0.05) is 12.2 Å². The third kappa shape index (κ3) is 3.21. The van der Waals surface area contributed by atoms with Crippen molar-refractivity contribution in [3.05, 3.63) is 42.4 Å². The van der Waals surface area contributed by atoms with Crippen molar-refractivity contribution in [3.63, 3.8) is 0 Å². The van der Waals surface area contributed by atoms with Crippen LogP contribution in [0.2, 0.25) is 0 Å². The smallest absolute Gasteiger partial charge is 0.245 e. The highest BCUT2D eigenvalue weighted by atomic mass is 35.5. The number of halogens is 1. The van der Waals surface area contributed by atoms with Crippen LogP contribution < -0.4 is 0 Å². The lowest BCUT2D eigenvalue weighted by molar-refractivity contribution is -0.107. The fourth-order valence-corrected chi connectivity index (χ4v) is 0.740. The molecule has 0 unspecified atom stereocenters. The molecule has 0 atom stereocenters. The summed E-state index contributed by atoms with van der Waals surface area (Å²) in [5, 5.41) is -0.487. The number of furan rings is 1. The molecule has 62 valence electrons. The molecule has 0 aromatic carbocycles. The fourth-order valence-electron chi connectivity index (χ4n) is 0.668. The third-order valence-corrected chi connectivity index (χ3v) is 1.27. The van der Waals surface area contributed by atoms with E-state index in [1.165, 1.54) is 6.08 Å². The first-order chi connectivity index (χ1) is 5.79. The Labute approximate surface area is 75.1 Å². The molecule has 3 heteroatoms. The third-order valence-electron chi connectivity index (χ3n) is 1.14. The Hall–Kier alpha value is -1.28. The Morgan fingerprint density at radius 1 is 1.50 bits per heavy atom. The van der Waals surface area contributed by atoms with Gasteiger partial charge in [0.25, 0.3) is 0 Å². The monoisotopic (exact) mass is 182 g/mol. The van der Waals surface area contributed by atoms with Crippen LogP contribution in [0.3, 0.4) is 0 Å². The highest BCUT2D eigenvalue weighted by Gasteiger charge is 1.84. The Kier molecular flexibility index (Phi) is 3.35. The van der Waals surface area contributed by atoms with Crippen molar-refractivity contribution in [2.45, 2.75) is 0 Å². The van der Waals surface area contributed by atoms with Crippen molar-refractivity contribution in [1.82, 2.24) is 0 Å². The molecule has 1 aromatic rings. The zero-order chi connectivity index (χ0) is 8.81. The van der Waals surface area contributed by atoms with E-state index in [4.69, 9.17) is 16.0 Å². The van der Waals surface area contributed by atoms with Gasteiger partial charge in [0.2, 0.25) is 5.24 Å². The van der Waals surface area contributed by atoms with Gasteiger partial charge in [0.15, 0.2) is 0 Å². The molecule has 0 saturated carbocycles. The Morgan fingerprint density at radius 2 is 2.33 bits per heavy atom. The number of allylic oxidation sites excluding steroid dienone is 3. The van der Waals surface area contributed by atoms with E-state index < -0.39 is 5.24 Å². The van der Waals surface area contributed by atoms with Crippen LogP contribution in [-0.2, 0) is 4.79 Å². The summed E-state index contributed by atoms with van der Waals surface area (Å²) in [5.74, 6) is 0.738. The molecule has 1 rings (SSSR count). The summed E-state index contributed by atoms with van der Waals surface area (Å²) >= 11 is 5.06. The maximum Gasteiger partial charge on any atom is 0.245 e. The lowest BCUT2D eigenvalue weighted by Gasteiger charge is -1.78. The van der Waals surface area contributed by atoms with Gasteiger partial charge < -0.3 is 4.42 Å². The van der Waals surface area contributed by atoms with E-state index in [1.807, 2.05) is 6.07 Å². The summed E-state index contributed by atoms with van der Waals surface area (Å²) in [6, 6.07) is 3.60. The van der Waals surface area contributed by atoms with Crippen LogP contribution in [0.15, 0.2) is 41.0 Å². The molecular weight excluding hydrogens is 176 g/mol. The van der Waals surface area contributed by atoms with Gasteiger partial charge in [-0.05, 0) is 35.9 Å². The maximum absolute atomic E-state index is 10.2. The molecule has 1 heterocycles. The van der Waals surface area contributed by atoms with E-state index in [9.17, 15) is 4.79 Å². The van der Waals surface area contributed by atoms with Crippen molar-refractivity contribution in [2.75, 3.05) is 0 Å². The second-order valence-electron chi connectivity index (χ2n) is 2.04. The summed E-state index contributed by atoms with van der Waals surface area (Å²) in [7, 11) is 0. The summed E-state index contributed by atoms with van der Waals surface area (Å²) in [5.41, 5.74) is 0. The summed E-state index contributed by atoms with van der Waals surface area (Å²) in [6.07, 6.45) is 7.81. The molecule has 12 heavy (non-hydrogen) atoms. The number of hydrogen-bond acceptors (Lipinski definition) is 2. The zero-order valence-corrected chi connectivity index (χ0v) is 6.99. The first-order valence-corrected chi connectivity index (χ1v) is 3.74. The van der Waals surface area contributed by atoms with E-state index in [2.05, 4.69) is 0 Å². The highest BCUT2D eigenvalue weighted by molar-refractivity contribution is 6.66. The molecule has 0 aliphatic carbocycles. The van der Waals surface area contributed by atoms with Crippen LogP contribution in [0.4, 0.5) is 0 Å². The number of carbonyl (C=O) groups is 1. The molecule has 1 aromatic heterocycles. The normalized spacial score (nSPS) is 11.4. The average Bonchev–Trinajstić information content (AvgIpc) is 2.49. The number of rotatable bonds is 3. The second-order valence-corrected chi connectivity index (χ2v) is 2.41. The minimum atomic E-state index is -0.487. The minimum Gasteiger partial charge on any atom is -0.465 e. The molecule has 0 aliphatic rings. The highest BCUT2D eigenvalue weighted by Crippen LogP contribution is 2.01. The van der Waals surface area contributed by atoms with Crippen molar-refractivity contribution >= 4 is 22.9 Å². The zero-order valence-electron chi connectivity index (χ0n) is 6.24. The molecule has 0 spiro atoms. The predicted molar refractivity (Wildman–Crippen MR) is 47.7 cm³/mol. The van der Waals surface area contributed by atoms with Gasteiger partial charge in [0.05, 0.1) is 6.26 Å². The van der Waals surface area contributed by atoms with Gasteiger partial charge in [-0.2, -0.15) is 0 Å². The van der Waals surface area contributed by atoms with Gasteiger partial charge in [-0.15, -0.1) is 0 Å². The van der Waals surface area contributed by atoms with Crippen LogP contribution in [-0.4, -0.2) is 5.24 Å². The molecule has 0 N–H and O–H groups in total. The van der Waals surface area contributed by atoms with Gasteiger partial charge in [0, 0.05) is 0 Å². The van der Waals surface area contributed by atoms with Crippen molar-refractivity contribution < 1.29 is 9.21 Å². The van der Waals surface area contributed by atoms with Crippen LogP contribution in [0.25, 0.3) is 6.08 Å². The van der Waals surface area contributed by atoms with E-state index in [0.29, 0.717) is 0 Å². The summed E-state index contributed by atoms with van der Waals surface area (Å²) < 4.78 is 5.00. The SMILES string of the molecule is O=C(Cl)C=CC=Cc1ccco1. The second kappa shape index (κ2) is 4.57. The topological polar surface area (TPSA) is 30.2 Å². The lowest BCUT2D eigenvalue weighted by Crippen LogP contribution is -1.71. The number of hydrogen-bond donors (Lipinski definition) is 0. The molecule has 0 fully saturated rings. The molecule has 0 radical (unpaired) electrons. The van der Waals surface area contributed by atoms with Gasteiger partial charge >= 0.3 is 0 Å². The van der Waals surface area contributed by atoms with Crippen molar-refractivity contribution in [2.24, 2.45) is 0 Å². The van der Waals surface area contributed by atoms with Gasteiger partial charge in [-0.3, -0.25) is 4.79 Å². The molecular formula is C9H7ClO2. The summed E-state index contributed by atoms with van der Waals surface area (Å²) in [4.78, 5) is 10.2. The standard InChI is InChI=1S/C9H7ClO2/c10-9(11)6-2-1-4-8-5-3-7-12-8/h1-7H. The van der Waals surface area contributed by atoms with E-state index >= 15 is 0 Å². The van der Waals surface area contributed by atoms with E-state index in [-0.39, 0.29) is 0 Å². The molecule has 0 aliphatic heterocycles. The minimum absolute atomic E-state index is 0.487. The molecule has 0 saturated heterocycles. The Bertz CT molecular complexity index is 296. The molecule has 2 nitrogen and oxygen atoms in total. The van der Waals surface area contributed by atoms with E-state index in [1.54, 1.807) is 30.6 Å². The van der Waals surface area contributed by atoms with Crippen molar-refractivity contribution in [1.29, 1.82) is 0 Å². The Balaban J connectivity index is 2.47. The van der Waals surface area contributed by atoms with Crippen molar-refractivity contribution in [3.8, 4) is 0 Å². The quantitative estimate of drug-likeness (QED) is 0.409. The molecule has 0 bridgehead atoms. The van der Waals surface area contributed by atoms with Gasteiger partial charge in [0.1, 0.15) is 5.76 Å². The van der Waals surface area contributed by atoms with Gasteiger partial charge in [-0.25, -0.2) is 0 Å². The fraction of sp³-hybridized carbons (Fsp3) is 0. The van der Waals surface area contributed by atoms with E-state index in [0.717, 1.165) is 5.76 Å². The first kappa shape index (κ1) is 8.81. The number of carbonyl (C=O) groups excluding carboxylic acids is 1.